The molecule has 59 heavy (non-hydrogen) atoms. The monoisotopic (exact) mass is 811 g/mol. The number of esters is 3. The minimum Gasteiger partial charge on any atom is -0.462 e. The predicted octanol–water partition coefficient (Wildman–Crippen LogP) is 14.5. The summed E-state index contributed by atoms with van der Waals surface area (Å²) in [6.07, 6.45) is 65.5. The second kappa shape index (κ2) is 46.0. The van der Waals surface area contributed by atoms with Gasteiger partial charge in [0.25, 0.3) is 0 Å². The van der Waals surface area contributed by atoms with Crippen LogP contribution >= 0.6 is 0 Å². The molecular formula is C53H78O6. The van der Waals surface area contributed by atoms with Crippen LogP contribution in [-0.2, 0) is 28.6 Å². The first-order valence-corrected chi connectivity index (χ1v) is 22.5. The number of ether oxygens (including phenoxy) is 3. The van der Waals surface area contributed by atoms with Crippen LogP contribution in [0.3, 0.4) is 0 Å². The molecule has 0 aromatic rings. The highest BCUT2D eigenvalue weighted by molar-refractivity contribution is 5.71. The van der Waals surface area contributed by atoms with Gasteiger partial charge in [-0.2, -0.15) is 0 Å². The molecule has 0 saturated carbocycles. The average Bonchev–Trinajstić information content (AvgIpc) is 3.23. The normalized spacial score (nSPS) is 13.5. The van der Waals surface area contributed by atoms with E-state index in [1.165, 1.54) is 0 Å². The molecule has 0 spiro atoms. The van der Waals surface area contributed by atoms with Crippen LogP contribution in [-0.4, -0.2) is 37.2 Å². The molecule has 326 valence electrons. The number of allylic oxidation sites excluding steroid dienone is 24. The highest BCUT2D eigenvalue weighted by Crippen LogP contribution is 2.11. The number of carbonyl (C=O) groups excluding carboxylic acids is 3. The van der Waals surface area contributed by atoms with Crippen molar-refractivity contribution < 1.29 is 28.6 Å². The minimum atomic E-state index is -0.826. The van der Waals surface area contributed by atoms with E-state index in [0.717, 1.165) is 96.3 Å². The minimum absolute atomic E-state index is 0.127. The molecule has 0 radical (unpaired) electrons. The van der Waals surface area contributed by atoms with Crippen molar-refractivity contribution in [3.8, 4) is 0 Å². The summed E-state index contributed by atoms with van der Waals surface area (Å²) in [6.45, 7) is 6.09. The van der Waals surface area contributed by atoms with Gasteiger partial charge in [-0.3, -0.25) is 14.4 Å². The lowest BCUT2D eigenvalue weighted by molar-refractivity contribution is -0.167. The van der Waals surface area contributed by atoms with Gasteiger partial charge in [0.1, 0.15) is 13.2 Å². The van der Waals surface area contributed by atoms with Crippen molar-refractivity contribution in [2.75, 3.05) is 13.2 Å². The Balaban J connectivity index is 4.57. The van der Waals surface area contributed by atoms with E-state index in [1.807, 2.05) is 85.1 Å². The van der Waals surface area contributed by atoms with Gasteiger partial charge in [0.2, 0.25) is 0 Å². The van der Waals surface area contributed by atoms with Gasteiger partial charge in [-0.05, 0) is 83.5 Å². The van der Waals surface area contributed by atoms with Crippen LogP contribution in [0.25, 0.3) is 0 Å². The van der Waals surface area contributed by atoms with Crippen molar-refractivity contribution >= 4 is 17.9 Å². The van der Waals surface area contributed by atoms with Gasteiger partial charge in [0.05, 0.1) is 0 Å². The first-order valence-electron chi connectivity index (χ1n) is 22.5. The molecule has 6 heteroatoms. The molecule has 0 aromatic heterocycles. The smallest absolute Gasteiger partial charge is 0.306 e. The Bertz CT molecular complexity index is 1390. The molecule has 6 nitrogen and oxygen atoms in total. The van der Waals surface area contributed by atoms with Crippen LogP contribution < -0.4 is 0 Å². The summed E-state index contributed by atoms with van der Waals surface area (Å²) in [7, 11) is 0. The maximum Gasteiger partial charge on any atom is 0.306 e. The third kappa shape index (κ3) is 44.2. The van der Waals surface area contributed by atoms with E-state index < -0.39 is 6.10 Å². The maximum absolute atomic E-state index is 12.7. The van der Waals surface area contributed by atoms with Gasteiger partial charge < -0.3 is 14.2 Å². The zero-order valence-corrected chi connectivity index (χ0v) is 36.9. The van der Waals surface area contributed by atoms with Gasteiger partial charge in [-0.1, -0.05) is 192 Å². The first-order chi connectivity index (χ1) is 29.0. The van der Waals surface area contributed by atoms with E-state index in [9.17, 15) is 14.4 Å². The molecule has 0 aliphatic heterocycles. The van der Waals surface area contributed by atoms with Crippen LogP contribution in [0, 0.1) is 0 Å². The van der Waals surface area contributed by atoms with E-state index >= 15 is 0 Å². The fraction of sp³-hybridized carbons (Fsp3) is 0.491. The molecular weight excluding hydrogens is 733 g/mol. The zero-order chi connectivity index (χ0) is 43.0. The first kappa shape index (κ1) is 54.3. The zero-order valence-electron chi connectivity index (χ0n) is 36.9. The number of unbranched alkanes of at least 4 members (excludes halogenated alkanes) is 10. The van der Waals surface area contributed by atoms with Gasteiger partial charge in [-0.25, -0.2) is 0 Å². The van der Waals surface area contributed by atoms with E-state index in [2.05, 4.69) is 81.5 Å². The van der Waals surface area contributed by atoms with Crippen LogP contribution in [0.5, 0.6) is 0 Å². The molecule has 0 heterocycles. The van der Waals surface area contributed by atoms with Crippen molar-refractivity contribution in [1.29, 1.82) is 0 Å². The van der Waals surface area contributed by atoms with Crippen molar-refractivity contribution in [3.05, 3.63) is 146 Å². The van der Waals surface area contributed by atoms with Crippen molar-refractivity contribution in [3.63, 3.8) is 0 Å². The Morgan fingerprint density at radius 2 is 0.695 bits per heavy atom. The lowest BCUT2D eigenvalue weighted by atomic mass is 10.1. The molecule has 1 atom stereocenters. The summed E-state index contributed by atoms with van der Waals surface area (Å²) in [5.41, 5.74) is 0. The molecule has 0 fully saturated rings. The SMILES string of the molecule is CC\C=C/C=C\C=C/C=C\C=C\C=C/CCCCCC(=O)OCC(COC(=O)CCCC/C=C\C/C=C\CC)OC(=O)CCCCCCC\C=C/C=C\C=C/C=C\CC. The van der Waals surface area contributed by atoms with Crippen LogP contribution in [0.15, 0.2) is 146 Å². The molecule has 0 amide bonds. The lowest BCUT2D eigenvalue weighted by Crippen LogP contribution is -2.30. The fourth-order valence-corrected chi connectivity index (χ4v) is 5.28. The Hall–Kier alpha value is -4.71. The van der Waals surface area contributed by atoms with E-state index in [0.29, 0.717) is 19.3 Å². The van der Waals surface area contributed by atoms with E-state index in [4.69, 9.17) is 14.2 Å². The second-order valence-corrected chi connectivity index (χ2v) is 14.1. The van der Waals surface area contributed by atoms with E-state index in [1.54, 1.807) is 0 Å². The fourth-order valence-electron chi connectivity index (χ4n) is 5.28. The standard InChI is InChI=1S/C53H78O6/c1-4-7-10-13-16-19-21-23-25-26-28-29-31-34-37-40-43-46-52(55)58-49-50(48-57-51(54)45-42-39-36-33-18-15-12-9-6-3)59-53(56)47-44-41-38-35-32-30-27-24-22-20-17-14-11-8-5-2/h7-14,16-29,31,33,50H,4-6,15,30,32,34-49H2,1-3H3/b10-7-,11-8-,12-9-,16-13-,17-14-,21-19-,22-20-,25-23-,27-24-,28-26+,31-29-,33-18-. The molecule has 0 rings (SSSR count). The molecule has 0 aliphatic rings. The van der Waals surface area contributed by atoms with Gasteiger partial charge in [0.15, 0.2) is 6.10 Å². The van der Waals surface area contributed by atoms with Crippen LogP contribution in [0.4, 0.5) is 0 Å². The summed E-state index contributed by atoms with van der Waals surface area (Å²) in [6, 6.07) is 0. The highest BCUT2D eigenvalue weighted by Gasteiger charge is 2.19. The molecule has 0 aliphatic carbocycles. The largest absolute Gasteiger partial charge is 0.462 e. The predicted molar refractivity (Wildman–Crippen MR) is 251 cm³/mol. The molecule has 0 aromatic carbocycles. The summed E-state index contributed by atoms with van der Waals surface area (Å²) in [5, 5.41) is 0. The Morgan fingerprint density at radius 1 is 0.356 bits per heavy atom. The topological polar surface area (TPSA) is 78.9 Å². The van der Waals surface area contributed by atoms with Gasteiger partial charge >= 0.3 is 17.9 Å². The van der Waals surface area contributed by atoms with Crippen LogP contribution in [0.1, 0.15) is 149 Å². The number of hydrogen-bond donors (Lipinski definition) is 0. The van der Waals surface area contributed by atoms with Crippen molar-refractivity contribution in [2.45, 2.75) is 155 Å². The Kier molecular flexibility index (Phi) is 42.3. The van der Waals surface area contributed by atoms with Crippen molar-refractivity contribution in [2.24, 2.45) is 0 Å². The van der Waals surface area contributed by atoms with Crippen LogP contribution in [0.2, 0.25) is 0 Å². The average molecular weight is 811 g/mol. The number of hydrogen-bond acceptors (Lipinski definition) is 6. The van der Waals surface area contributed by atoms with Gasteiger partial charge in [-0.15, -0.1) is 0 Å². The second-order valence-electron chi connectivity index (χ2n) is 14.1. The number of carbonyl (C=O) groups is 3. The third-order valence-electron chi connectivity index (χ3n) is 8.58. The third-order valence-corrected chi connectivity index (χ3v) is 8.58. The van der Waals surface area contributed by atoms with Gasteiger partial charge in [0, 0.05) is 19.3 Å². The quantitative estimate of drug-likeness (QED) is 0.0204. The Morgan fingerprint density at radius 3 is 1.19 bits per heavy atom. The molecule has 1 unspecified atom stereocenters. The summed E-state index contributed by atoms with van der Waals surface area (Å²) in [4.78, 5) is 37.7. The summed E-state index contributed by atoms with van der Waals surface area (Å²) < 4.78 is 16.6. The molecule has 0 N–H and O–H groups in total. The highest BCUT2D eigenvalue weighted by atomic mass is 16.6. The maximum atomic E-state index is 12.7. The van der Waals surface area contributed by atoms with E-state index in [-0.39, 0.29) is 44.0 Å². The lowest BCUT2D eigenvalue weighted by Gasteiger charge is -2.18. The summed E-state index contributed by atoms with van der Waals surface area (Å²) in [5.74, 6) is -1.05. The molecule has 0 bridgehead atoms. The number of rotatable bonds is 37. The summed E-state index contributed by atoms with van der Waals surface area (Å²) >= 11 is 0. The van der Waals surface area contributed by atoms with Crippen molar-refractivity contribution in [1.82, 2.24) is 0 Å². The Labute approximate surface area is 359 Å². The molecule has 0 saturated heterocycles.